The highest BCUT2D eigenvalue weighted by Gasteiger charge is 2.38. The number of hydrogen-bond donors (Lipinski definition) is 15. The maximum Gasteiger partial charge on any atom is 0.326 e. The lowest BCUT2D eigenvalue weighted by Crippen LogP contribution is -2.63. The summed E-state index contributed by atoms with van der Waals surface area (Å²) in [6.45, 7) is 20.1. The van der Waals surface area contributed by atoms with Crippen LogP contribution in [0.25, 0.3) is 0 Å². The Morgan fingerprint density at radius 3 is 1.26 bits per heavy atom. The average molecular weight is 1110 g/mol. The minimum atomic E-state index is -1.71. The van der Waals surface area contributed by atoms with Gasteiger partial charge in [-0.3, -0.25) is 43.3 Å². The van der Waals surface area contributed by atoms with Gasteiger partial charge >= 0.3 is 5.97 Å². The Balaban J connectivity index is 3.50. The number of aliphatic hydroxyl groups excluding tert-OH is 2. The van der Waals surface area contributed by atoms with Crippen LogP contribution in [0.4, 0.5) is 0 Å². The van der Waals surface area contributed by atoms with Crippen molar-refractivity contribution < 1.29 is 63.6 Å². The molecule has 0 fully saturated rings. The van der Waals surface area contributed by atoms with Crippen molar-refractivity contribution in [1.82, 2.24) is 42.5 Å². The zero-order valence-electron chi connectivity index (χ0n) is 47.6. The van der Waals surface area contributed by atoms with Gasteiger partial charge in [-0.1, -0.05) is 94.2 Å². The number of rotatable bonds is 35. The van der Waals surface area contributed by atoms with Gasteiger partial charge in [0.2, 0.25) is 47.3 Å². The number of aliphatic imine (C=N–C) groups is 1. The van der Waals surface area contributed by atoms with Crippen LogP contribution in [0, 0.1) is 29.6 Å². The van der Waals surface area contributed by atoms with Gasteiger partial charge in [-0.05, 0) is 99.7 Å². The molecule has 0 radical (unpaired) electrons. The highest BCUT2D eigenvalue weighted by molar-refractivity contribution is 5.98. The molecule has 0 aliphatic heterocycles. The number of carbonyl (C=O) groups excluding carboxylic acids is 8. The lowest BCUT2D eigenvalue weighted by Gasteiger charge is -2.31. The molecule has 0 saturated carbocycles. The van der Waals surface area contributed by atoms with Gasteiger partial charge in [-0.25, -0.2) is 4.79 Å². The zero-order valence-corrected chi connectivity index (χ0v) is 47.6. The molecule has 0 spiro atoms. The van der Waals surface area contributed by atoms with Crippen LogP contribution in [0.5, 0.6) is 5.75 Å². The van der Waals surface area contributed by atoms with Crippen molar-refractivity contribution in [2.24, 2.45) is 51.8 Å². The van der Waals surface area contributed by atoms with Crippen LogP contribution >= 0.6 is 0 Å². The molecular weight excluding hydrogens is 1010 g/mol. The van der Waals surface area contributed by atoms with Gasteiger partial charge in [0.15, 0.2) is 5.96 Å². The third-order valence-electron chi connectivity index (χ3n) is 13.0. The van der Waals surface area contributed by atoms with Crippen molar-refractivity contribution in [3.63, 3.8) is 0 Å². The SMILES string of the molecule is CC[C@H](C)[C@H](NC(=O)[C@@H](NC(=O)[C@H](CC(C)C)NC(=O)[C@@H](NC(=O)[C@H](CCCN=C(N)N)NC(=O)[C@@H](NC(=O)[C@H](CC(C)C)NC(=O)[C@H](CC(C)C)NC(=O)[C@@H](N)Cc1ccc(O)cc1)[C@@H](C)O)[C@@H](C)CC)[C@@H](C)O)C(=O)O. The first-order valence-electron chi connectivity index (χ1n) is 26.9. The van der Waals surface area contributed by atoms with Crippen molar-refractivity contribution in [3.8, 4) is 5.75 Å². The Hall–Kier alpha value is -6.60. The summed E-state index contributed by atoms with van der Waals surface area (Å²) < 4.78 is 0. The molecule has 13 atom stereocenters. The summed E-state index contributed by atoms with van der Waals surface area (Å²) in [5, 5.41) is 61.6. The zero-order chi connectivity index (χ0) is 59.7. The van der Waals surface area contributed by atoms with Crippen LogP contribution in [-0.4, -0.2) is 153 Å². The lowest BCUT2D eigenvalue weighted by molar-refractivity contribution is -0.144. The molecule has 0 aliphatic carbocycles. The van der Waals surface area contributed by atoms with E-state index in [1.54, 1.807) is 67.5 Å². The molecule has 78 heavy (non-hydrogen) atoms. The molecule has 0 heterocycles. The fraction of sp³-hybridized carbons (Fsp3) is 0.698. The number of benzene rings is 1. The number of guanidine groups is 1. The molecule has 25 heteroatoms. The largest absolute Gasteiger partial charge is 0.508 e. The maximum absolute atomic E-state index is 14.3. The highest BCUT2D eigenvalue weighted by atomic mass is 16.4. The molecule has 0 saturated heterocycles. The number of carboxylic acid groups (broad SMARTS) is 1. The molecule has 1 aromatic carbocycles. The number of amides is 8. The monoisotopic (exact) mass is 1100 g/mol. The second-order valence-corrected chi connectivity index (χ2v) is 21.6. The van der Waals surface area contributed by atoms with E-state index in [1.807, 2.05) is 13.8 Å². The molecule has 0 unspecified atom stereocenters. The van der Waals surface area contributed by atoms with Crippen LogP contribution in [-0.2, 0) is 49.6 Å². The third-order valence-corrected chi connectivity index (χ3v) is 13.0. The number of hydrogen-bond acceptors (Lipinski definition) is 14. The van der Waals surface area contributed by atoms with Gasteiger partial charge in [0.05, 0.1) is 18.2 Å². The van der Waals surface area contributed by atoms with E-state index < -0.39 is 132 Å². The molecule has 0 bridgehead atoms. The summed E-state index contributed by atoms with van der Waals surface area (Å²) in [6, 6.07) is -6.09. The third kappa shape index (κ3) is 24.8. The normalized spacial score (nSPS) is 16.4. The van der Waals surface area contributed by atoms with Gasteiger partial charge in [-0.2, -0.15) is 0 Å². The number of carbonyl (C=O) groups is 9. The lowest BCUT2D eigenvalue weighted by atomic mass is 9.95. The Kier molecular flexibility index (Phi) is 30.5. The van der Waals surface area contributed by atoms with Gasteiger partial charge < -0.3 is 80.2 Å². The summed E-state index contributed by atoms with van der Waals surface area (Å²) in [6.07, 6.45) is -1.99. The Labute approximate surface area is 459 Å². The Morgan fingerprint density at radius 1 is 0.500 bits per heavy atom. The second kappa shape index (κ2) is 34.3. The summed E-state index contributed by atoms with van der Waals surface area (Å²) in [5.74, 6) is -9.86. The summed E-state index contributed by atoms with van der Waals surface area (Å²) >= 11 is 0. The fourth-order valence-electron chi connectivity index (χ4n) is 8.13. The predicted octanol–water partition coefficient (Wildman–Crippen LogP) is -0.729. The molecule has 1 aromatic rings. The van der Waals surface area contributed by atoms with Crippen molar-refractivity contribution in [2.75, 3.05) is 6.54 Å². The fourth-order valence-corrected chi connectivity index (χ4v) is 8.13. The first kappa shape index (κ1) is 69.4. The Bertz CT molecular complexity index is 2150. The summed E-state index contributed by atoms with van der Waals surface area (Å²) in [5.41, 5.74) is 17.9. The van der Waals surface area contributed by atoms with E-state index in [0.29, 0.717) is 18.4 Å². The molecule has 18 N–H and O–H groups in total. The molecule has 1 rings (SSSR count). The van der Waals surface area contributed by atoms with Crippen LogP contribution in [0.1, 0.15) is 134 Å². The van der Waals surface area contributed by atoms with Crippen LogP contribution in [0.15, 0.2) is 29.3 Å². The number of nitrogens with one attached hydrogen (secondary N) is 8. The van der Waals surface area contributed by atoms with E-state index in [0.717, 1.165) is 0 Å². The van der Waals surface area contributed by atoms with Crippen LogP contribution in [0.2, 0.25) is 0 Å². The van der Waals surface area contributed by atoms with Crippen LogP contribution in [0.3, 0.4) is 0 Å². The van der Waals surface area contributed by atoms with Gasteiger partial charge in [-0.15, -0.1) is 0 Å². The van der Waals surface area contributed by atoms with Crippen molar-refractivity contribution >= 4 is 59.2 Å². The standard InChI is InChI=1S/C53H92N12O13/c1-13-29(9)40(49(74)61-39(24-28(7)8)48(73)65-43(32(12)67)51(76)63-41(52(77)78)30(10)14-2)62-45(70)36(16-15-21-57-53(55)56)58-50(75)42(31(11)66)64-47(72)38(23-27(5)6)60-46(71)37(22-26(3)4)59-44(69)35(54)25-33-17-19-34(68)20-18-33/h17-20,26-32,35-43,66-68H,13-16,21-25,54H2,1-12H3,(H,58,75)(H,59,69)(H,60,71)(H,61,74)(H,62,70)(H,63,76)(H,64,72)(H,65,73)(H,77,78)(H4,55,56,57)/t29-,30-,31+,32+,35-,36-,37-,38-,39-,40-,41-,42-,43-/m0/s1. The first-order chi connectivity index (χ1) is 36.3. The number of phenolic OH excluding ortho intramolecular Hbond substituents is 1. The van der Waals surface area contributed by atoms with Crippen molar-refractivity contribution in [1.29, 1.82) is 0 Å². The molecule has 8 amide bonds. The van der Waals surface area contributed by atoms with E-state index >= 15 is 0 Å². The van der Waals surface area contributed by atoms with Gasteiger partial charge in [0, 0.05) is 6.54 Å². The van der Waals surface area contributed by atoms with E-state index in [4.69, 9.17) is 17.2 Å². The van der Waals surface area contributed by atoms with Crippen LogP contribution < -0.4 is 59.7 Å². The van der Waals surface area contributed by atoms with Crippen molar-refractivity contribution in [2.45, 2.75) is 201 Å². The van der Waals surface area contributed by atoms with Gasteiger partial charge in [0.25, 0.3) is 0 Å². The van der Waals surface area contributed by atoms with E-state index in [2.05, 4.69) is 47.5 Å². The topological polar surface area (TPSA) is 421 Å². The number of nitrogens with two attached hydrogens (primary N) is 3. The Morgan fingerprint density at radius 2 is 0.846 bits per heavy atom. The molecule has 25 nitrogen and oxygen atoms in total. The average Bonchev–Trinajstić information content (AvgIpc) is 3.34. The number of carboxylic acids is 1. The first-order valence-corrected chi connectivity index (χ1v) is 26.9. The number of aromatic hydroxyl groups is 1. The summed E-state index contributed by atoms with van der Waals surface area (Å²) in [7, 11) is 0. The second-order valence-electron chi connectivity index (χ2n) is 21.6. The number of aliphatic carboxylic acids is 1. The maximum atomic E-state index is 14.3. The van der Waals surface area contributed by atoms with E-state index in [-0.39, 0.29) is 74.5 Å². The van der Waals surface area contributed by atoms with Gasteiger partial charge in [0.1, 0.15) is 54.1 Å². The number of nitrogens with zero attached hydrogens (tertiary/aromatic N) is 1. The highest BCUT2D eigenvalue weighted by Crippen LogP contribution is 2.16. The van der Waals surface area contributed by atoms with Crippen molar-refractivity contribution in [3.05, 3.63) is 29.8 Å². The molecule has 0 aromatic heterocycles. The number of phenols is 1. The molecular formula is C53H92N12O13. The summed E-state index contributed by atoms with van der Waals surface area (Å²) in [4.78, 5) is 127. The minimum Gasteiger partial charge on any atom is -0.508 e. The van der Waals surface area contributed by atoms with E-state index in [9.17, 15) is 63.6 Å². The predicted molar refractivity (Wildman–Crippen MR) is 293 cm³/mol. The molecule has 0 aliphatic rings. The molecule has 442 valence electrons. The minimum absolute atomic E-state index is 0.0130. The number of aliphatic hydroxyl groups is 2. The van der Waals surface area contributed by atoms with E-state index in [1.165, 1.54) is 26.0 Å². The smallest absolute Gasteiger partial charge is 0.326 e. The quantitative estimate of drug-likeness (QED) is 0.0226.